The summed E-state index contributed by atoms with van der Waals surface area (Å²) < 4.78 is 26.5. The van der Waals surface area contributed by atoms with Crippen LogP contribution in [-0.2, 0) is 23.5 Å². The zero-order valence-corrected chi connectivity index (χ0v) is 13.5. The Bertz CT molecular complexity index is 771. The average Bonchev–Trinajstić information content (AvgIpc) is 3.07. The lowest BCUT2D eigenvalue weighted by Crippen LogP contribution is -2.27. The van der Waals surface area contributed by atoms with Crippen LogP contribution in [0.2, 0.25) is 0 Å². The van der Waals surface area contributed by atoms with Crippen LogP contribution in [0.3, 0.4) is 0 Å². The maximum atomic E-state index is 11.6. The Labute approximate surface area is 130 Å². The summed E-state index contributed by atoms with van der Waals surface area (Å²) >= 11 is 0. The van der Waals surface area contributed by atoms with Crippen LogP contribution in [-0.4, -0.2) is 51.8 Å². The van der Waals surface area contributed by atoms with Gasteiger partial charge in [-0.05, 0) is 30.9 Å². The highest BCUT2D eigenvalue weighted by Gasteiger charge is 2.28. The summed E-state index contributed by atoms with van der Waals surface area (Å²) in [6, 6.07) is 3.87. The number of hydrogen-bond acceptors (Lipinski definition) is 5. The van der Waals surface area contributed by atoms with Crippen LogP contribution in [0, 0.1) is 5.92 Å². The Morgan fingerprint density at radius 2 is 2.18 bits per heavy atom. The molecule has 2 aromatic rings. The van der Waals surface area contributed by atoms with Gasteiger partial charge in [0.05, 0.1) is 17.6 Å². The summed E-state index contributed by atoms with van der Waals surface area (Å²) in [7, 11) is -1.21. The highest BCUT2D eigenvalue weighted by molar-refractivity contribution is 7.88. The lowest BCUT2D eigenvalue weighted by molar-refractivity contribution is 0.459. The van der Waals surface area contributed by atoms with Crippen LogP contribution >= 0.6 is 0 Å². The molecule has 0 aliphatic carbocycles. The van der Waals surface area contributed by atoms with Crippen molar-refractivity contribution in [1.82, 2.24) is 24.1 Å². The van der Waals surface area contributed by atoms with E-state index in [4.69, 9.17) is 0 Å². The number of aryl methyl sites for hydroxylation is 1. The van der Waals surface area contributed by atoms with Gasteiger partial charge in [-0.3, -0.25) is 4.68 Å². The molecule has 1 aliphatic heterocycles. The molecule has 0 aromatic carbocycles. The molecular formula is C14H19N5O2S. The molecule has 0 N–H and O–H groups in total. The zero-order chi connectivity index (χ0) is 15.7. The molecule has 1 aliphatic rings. The maximum Gasteiger partial charge on any atom is 0.211 e. The van der Waals surface area contributed by atoms with Crippen LogP contribution < -0.4 is 0 Å². The summed E-state index contributed by atoms with van der Waals surface area (Å²) in [5, 5.41) is 4.15. The highest BCUT2D eigenvalue weighted by Crippen LogP contribution is 2.23. The molecule has 22 heavy (non-hydrogen) atoms. The summed E-state index contributed by atoms with van der Waals surface area (Å²) in [5.41, 5.74) is 2.71. The van der Waals surface area contributed by atoms with Crippen molar-refractivity contribution in [3.8, 4) is 11.4 Å². The minimum Gasteiger partial charge on any atom is -0.266 e. The minimum absolute atomic E-state index is 0.309. The predicted molar refractivity (Wildman–Crippen MR) is 82.5 cm³/mol. The largest absolute Gasteiger partial charge is 0.266 e. The average molecular weight is 321 g/mol. The SMILES string of the molecule is Cn1nccc1-c1cc(C[C@H]2CCN(S(C)(=O)=O)C2)ncn1. The third kappa shape index (κ3) is 3.17. The van der Waals surface area contributed by atoms with E-state index in [-0.39, 0.29) is 0 Å². The lowest BCUT2D eigenvalue weighted by atomic mass is 10.0. The zero-order valence-electron chi connectivity index (χ0n) is 12.7. The van der Waals surface area contributed by atoms with Crippen molar-refractivity contribution in [3.05, 3.63) is 30.4 Å². The molecule has 8 heteroatoms. The molecule has 0 radical (unpaired) electrons. The quantitative estimate of drug-likeness (QED) is 0.828. The first kappa shape index (κ1) is 15.1. The van der Waals surface area contributed by atoms with Crippen LogP contribution in [0.4, 0.5) is 0 Å². The fourth-order valence-electron chi connectivity index (χ4n) is 2.84. The fraction of sp³-hybridized carbons (Fsp3) is 0.500. The van der Waals surface area contributed by atoms with Crippen LogP contribution in [0.15, 0.2) is 24.7 Å². The van der Waals surface area contributed by atoms with Crippen molar-refractivity contribution in [3.63, 3.8) is 0 Å². The first-order valence-electron chi connectivity index (χ1n) is 7.18. The third-order valence-electron chi connectivity index (χ3n) is 4.02. The van der Waals surface area contributed by atoms with Gasteiger partial charge in [0.1, 0.15) is 6.33 Å². The monoisotopic (exact) mass is 321 g/mol. The molecule has 7 nitrogen and oxygen atoms in total. The van der Waals surface area contributed by atoms with Crippen molar-refractivity contribution < 1.29 is 8.42 Å². The van der Waals surface area contributed by atoms with E-state index in [0.29, 0.717) is 19.0 Å². The molecule has 3 heterocycles. The van der Waals surface area contributed by atoms with E-state index in [1.807, 2.05) is 19.2 Å². The fourth-order valence-corrected chi connectivity index (χ4v) is 3.75. The topological polar surface area (TPSA) is 81.0 Å². The Hall–Kier alpha value is -1.80. The Balaban J connectivity index is 1.73. The van der Waals surface area contributed by atoms with Crippen LogP contribution in [0.5, 0.6) is 0 Å². The molecule has 0 unspecified atom stereocenters. The number of rotatable bonds is 4. The molecule has 0 amide bonds. The number of sulfonamides is 1. The Morgan fingerprint density at radius 3 is 2.82 bits per heavy atom. The van der Waals surface area contributed by atoms with Gasteiger partial charge in [-0.25, -0.2) is 22.7 Å². The first-order chi connectivity index (χ1) is 10.4. The van der Waals surface area contributed by atoms with Crippen molar-refractivity contribution in [2.45, 2.75) is 12.8 Å². The van der Waals surface area contributed by atoms with Gasteiger partial charge >= 0.3 is 0 Å². The van der Waals surface area contributed by atoms with E-state index in [9.17, 15) is 8.42 Å². The summed E-state index contributed by atoms with van der Waals surface area (Å²) in [6.07, 6.45) is 6.19. The molecule has 0 bridgehead atoms. The van der Waals surface area contributed by atoms with Gasteiger partial charge in [-0.1, -0.05) is 0 Å². The summed E-state index contributed by atoms with van der Waals surface area (Å²) in [5.74, 6) is 0.309. The molecule has 1 fully saturated rings. The first-order valence-corrected chi connectivity index (χ1v) is 9.03. The maximum absolute atomic E-state index is 11.6. The number of hydrogen-bond donors (Lipinski definition) is 0. The summed E-state index contributed by atoms with van der Waals surface area (Å²) in [6.45, 7) is 1.17. The molecule has 118 valence electrons. The van der Waals surface area contributed by atoms with Crippen LogP contribution in [0.25, 0.3) is 11.4 Å². The number of nitrogens with zero attached hydrogens (tertiary/aromatic N) is 5. The molecule has 0 spiro atoms. The van der Waals surface area contributed by atoms with Crippen molar-refractivity contribution in [2.24, 2.45) is 13.0 Å². The lowest BCUT2D eigenvalue weighted by Gasteiger charge is -2.13. The molecule has 3 rings (SSSR count). The van der Waals surface area contributed by atoms with Gasteiger partial charge in [0, 0.05) is 32.0 Å². The second-order valence-corrected chi connectivity index (χ2v) is 7.70. The smallest absolute Gasteiger partial charge is 0.211 e. The van der Waals surface area contributed by atoms with Gasteiger partial charge < -0.3 is 0 Å². The van der Waals surface area contributed by atoms with Gasteiger partial charge in [-0.15, -0.1) is 0 Å². The van der Waals surface area contributed by atoms with Crippen molar-refractivity contribution >= 4 is 10.0 Å². The molecular weight excluding hydrogens is 302 g/mol. The van der Waals surface area contributed by atoms with Gasteiger partial charge in [0.25, 0.3) is 0 Å². The normalized spacial score (nSPS) is 19.6. The van der Waals surface area contributed by atoms with E-state index < -0.39 is 10.0 Å². The second kappa shape index (κ2) is 5.77. The predicted octanol–water partition coefficient (Wildman–Crippen LogP) is 0.701. The standard InChI is InChI=1S/C14H19N5O2S/c1-18-14(3-5-17-18)13-8-12(15-10-16-13)7-11-4-6-19(9-11)22(2,20)21/h3,5,8,10-11H,4,6-7,9H2,1-2H3/t11-/m1/s1. The van der Waals surface area contributed by atoms with Gasteiger partial charge in [0.15, 0.2) is 0 Å². The van der Waals surface area contributed by atoms with Crippen molar-refractivity contribution in [2.75, 3.05) is 19.3 Å². The van der Waals surface area contributed by atoms with Gasteiger partial charge in [0.2, 0.25) is 10.0 Å². The van der Waals surface area contributed by atoms with Crippen LogP contribution in [0.1, 0.15) is 12.1 Å². The van der Waals surface area contributed by atoms with E-state index in [1.54, 1.807) is 21.5 Å². The Morgan fingerprint density at radius 1 is 1.36 bits per heavy atom. The van der Waals surface area contributed by atoms with E-state index in [1.165, 1.54) is 6.26 Å². The van der Waals surface area contributed by atoms with E-state index >= 15 is 0 Å². The molecule has 1 saturated heterocycles. The molecule has 0 saturated carbocycles. The molecule has 1 atom stereocenters. The van der Waals surface area contributed by atoms with E-state index in [0.717, 1.165) is 29.9 Å². The third-order valence-corrected chi connectivity index (χ3v) is 5.29. The Kier molecular flexibility index (Phi) is 3.96. The number of aromatic nitrogens is 4. The van der Waals surface area contributed by atoms with E-state index in [2.05, 4.69) is 15.1 Å². The second-order valence-electron chi connectivity index (χ2n) is 5.71. The highest BCUT2D eigenvalue weighted by atomic mass is 32.2. The van der Waals surface area contributed by atoms with Gasteiger partial charge in [-0.2, -0.15) is 5.10 Å². The van der Waals surface area contributed by atoms with Crippen molar-refractivity contribution in [1.29, 1.82) is 0 Å². The molecule has 2 aromatic heterocycles. The summed E-state index contributed by atoms with van der Waals surface area (Å²) in [4.78, 5) is 8.61. The minimum atomic E-state index is -3.09.